The van der Waals surface area contributed by atoms with E-state index in [2.05, 4.69) is 20.8 Å². The van der Waals surface area contributed by atoms with Crippen molar-refractivity contribution in [1.29, 1.82) is 0 Å². The monoisotopic (exact) mass is 464 g/mol. The summed E-state index contributed by atoms with van der Waals surface area (Å²) in [4.78, 5) is 15.1. The normalized spacial score (nSPS) is 11.8. The maximum atomic E-state index is 13.7. The van der Waals surface area contributed by atoms with Crippen molar-refractivity contribution >= 4 is 21.6 Å². The Hall–Kier alpha value is -3.12. The van der Waals surface area contributed by atoms with Gasteiger partial charge in [0.15, 0.2) is 0 Å². The van der Waals surface area contributed by atoms with Crippen LogP contribution in [0.4, 0.5) is 5.69 Å². The molecule has 0 spiro atoms. The SMILES string of the molecule is CCN(Cc1ccccc1)C(=O)CN(c1ccccc1)S(=O)(=O)c1ccc(C(C)(C)C)cc1. The largest absolute Gasteiger partial charge is 0.337 e. The molecule has 33 heavy (non-hydrogen) atoms. The number of likely N-dealkylation sites (N-methyl/N-ethyl adjacent to an activating group) is 1. The van der Waals surface area contributed by atoms with Crippen LogP contribution in [0.15, 0.2) is 89.8 Å². The molecular weight excluding hydrogens is 432 g/mol. The Bertz CT molecular complexity index is 1150. The number of rotatable bonds is 8. The fraction of sp³-hybridized carbons (Fsp3) is 0.296. The van der Waals surface area contributed by atoms with E-state index in [0.717, 1.165) is 11.1 Å². The van der Waals surface area contributed by atoms with Gasteiger partial charge in [-0.3, -0.25) is 9.10 Å². The zero-order valence-corrected chi connectivity index (χ0v) is 20.5. The second kappa shape index (κ2) is 10.2. The Balaban J connectivity index is 1.92. The molecule has 0 fully saturated rings. The molecule has 0 atom stereocenters. The van der Waals surface area contributed by atoms with Crippen molar-refractivity contribution in [2.24, 2.45) is 0 Å². The Morgan fingerprint density at radius 1 is 0.818 bits per heavy atom. The maximum absolute atomic E-state index is 13.7. The van der Waals surface area contributed by atoms with E-state index in [1.54, 1.807) is 41.3 Å². The molecule has 0 N–H and O–H groups in total. The summed E-state index contributed by atoms with van der Waals surface area (Å²) in [6, 6.07) is 25.4. The number of nitrogens with zero attached hydrogens (tertiary/aromatic N) is 2. The highest BCUT2D eigenvalue weighted by atomic mass is 32.2. The van der Waals surface area contributed by atoms with E-state index in [1.807, 2.05) is 55.5 Å². The van der Waals surface area contributed by atoms with Gasteiger partial charge in [-0.1, -0.05) is 81.4 Å². The lowest BCUT2D eigenvalue weighted by Gasteiger charge is -2.28. The third-order valence-electron chi connectivity index (χ3n) is 5.58. The highest BCUT2D eigenvalue weighted by Crippen LogP contribution is 2.27. The van der Waals surface area contributed by atoms with Crippen LogP contribution in [0.1, 0.15) is 38.8 Å². The molecule has 174 valence electrons. The molecule has 0 aliphatic rings. The van der Waals surface area contributed by atoms with Crippen molar-refractivity contribution < 1.29 is 13.2 Å². The van der Waals surface area contributed by atoms with Gasteiger partial charge in [-0.15, -0.1) is 0 Å². The fourth-order valence-corrected chi connectivity index (χ4v) is 4.98. The predicted octanol–water partition coefficient (Wildman–Crippen LogP) is 5.23. The van der Waals surface area contributed by atoms with E-state index < -0.39 is 10.0 Å². The van der Waals surface area contributed by atoms with Crippen LogP contribution in [0.5, 0.6) is 0 Å². The van der Waals surface area contributed by atoms with Crippen molar-refractivity contribution in [3.8, 4) is 0 Å². The highest BCUT2D eigenvalue weighted by molar-refractivity contribution is 7.92. The Morgan fingerprint density at radius 3 is 1.88 bits per heavy atom. The third kappa shape index (κ3) is 6.02. The lowest BCUT2D eigenvalue weighted by Crippen LogP contribution is -2.42. The summed E-state index contributed by atoms with van der Waals surface area (Å²) in [6.45, 7) is 8.78. The maximum Gasteiger partial charge on any atom is 0.264 e. The van der Waals surface area contributed by atoms with Gasteiger partial charge in [0, 0.05) is 13.1 Å². The van der Waals surface area contributed by atoms with Crippen LogP contribution < -0.4 is 4.31 Å². The first-order valence-electron chi connectivity index (χ1n) is 11.1. The third-order valence-corrected chi connectivity index (χ3v) is 7.37. The van der Waals surface area contributed by atoms with E-state index in [4.69, 9.17) is 0 Å². The number of carbonyl (C=O) groups excluding carboxylic acids is 1. The van der Waals surface area contributed by atoms with Crippen molar-refractivity contribution in [2.45, 2.75) is 44.6 Å². The van der Waals surface area contributed by atoms with Gasteiger partial charge in [0.2, 0.25) is 5.91 Å². The first kappa shape index (κ1) is 24.5. The van der Waals surface area contributed by atoms with Crippen molar-refractivity contribution in [3.63, 3.8) is 0 Å². The number of benzene rings is 3. The van der Waals surface area contributed by atoms with Gasteiger partial charge < -0.3 is 4.90 Å². The first-order chi connectivity index (χ1) is 15.6. The molecule has 0 radical (unpaired) electrons. The van der Waals surface area contributed by atoms with Crippen LogP contribution in [-0.4, -0.2) is 32.3 Å². The smallest absolute Gasteiger partial charge is 0.264 e. The second-order valence-corrected chi connectivity index (χ2v) is 10.9. The molecular formula is C27H32N2O3S. The molecule has 5 nitrogen and oxygen atoms in total. The molecule has 3 aromatic rings. The number of hydrogen-bond donors (Lipinski definition) is 0. The van der Waals surface area contributed by atoms with Crippen molar-refractivity contribution in [2.75, 3.05) is 17.4 Å². The number of anilines is 1. The molecule has 0 unspecified atom stereocenters. The Kier molecular flexibility index (Phi) is 7.59. The van der Waals surface area contributed by atoms with Gasteiger partial charge in [0.05, 0.1) is 10.6 Å². The topological polar surface area (TPSA) is 57.7 Å². The van der Waals surface area contributed by atoms with E-state index in [-0.39, 0.29) is 22.8 Å². The second-order valence-electron chi connectivity index (χ2n) is 9.02. The molecule has 0 bridgehead atoms. The number of hydrogen-bond acceptors (Lipinski definition) is 3. The first-order valence-corrected chi connectivity index (χ1v) is 12.6. The van der Waals surface area contributed by atoms with Crippen LogP contribution >= 0.6 is 0 Å². The summed E-state index contributed by atoms with van der Waals surface area (Å²) in [5.41, 5.74) is 2.42. The fourth-order valence-electron chi connectivity index (χ4n) is 3.57. The summed E-state index contributed by atoms with van der Waals surface area (Å²) in [6.07, 6.45) is 0. The van der Waals surface area contributed by atoms with Gasteiger partial charge in [0.25, 0.3) is 10.0 Å². The molecule has 0 aliphatic heterocycles. The van der Waals surface area contributed by atoms with Crippen LogP contribution in [0.25, 0.3) is 0 Å². The quantitative estimate of drug-likeness (QED) is 0.459. The van der Waals surface area contributed by atoms with Gasteiger partial charge >= 0.3 is 0 Å². The Morgan fingerprint density at radius 2 is 1.36 bits per heavy atom. The summed E-state index contributed by atoms with van der Waals surface area (Å²) < 4.78 is 28.5. The average molecular weight is 465 g/mol. The minimum atomic E-state index is -3.94. The van der Waals surface area contributed by atoms with Crippen LogP contribution in [0, 0.1) is 0 Å². The summed E-state index contributed by atoms with van der Waals surface area (Å²) in [7, 11) is -3.94. The van der Waals surface area contributed by atoms with Gasteiger partial charge in [-0.05, 0) is 47.7 Å². The lowest BCUT2D eigenvalue weighted by molar-refractivity contribution is -0.129. The van der Waals surface area contributed by atoms with Gasteiger partial charge in [0.1, 0.15) is 6.54 Å². The van der Waals surface area contributed by atoms with E-state index >= 15 is 0 Å². The Labute approximate surface area is 197 Å². The van der Waals surface area contributed by atoms with E-state index in [1.165, 1.54) is 4.31 Å². The highest BCUT2D eigenvalue weighted by Gasteiger charge is 2.29. The molecule has 1 amide bonds. The molecule has 0 aliphatic carbocycles. The molecule has 0 heterocycles. The zero-order valence-electron chi connectivity index (χ0n) is 19.7. The zero-order chi connectivity index (χ0) is 24.1. The number of amides is 1. The van der Waals surface area contributed by atoms with Crippen LogP contribution in [0.2, 0.25) is 0 Å². The molecule has 3 rings (SSSR count). The van der Waals surface area contributed by atoms with E-state index in [9.17, 15) is 13.2 Å². The van der Waals surface area contributed by atoms with Crippen molar-refractivity contribution in [1.82, 2.24) is 4.90 Å². The minimum absolute atomic E-state index is 0.0869. The van der Waals surface area contributed by atoms with E-state index in [0.29, 0.717) is 18.8 Å². The molecule has 3 aromatic carbocycles. The summed E-state index contributed by atoms with van der Waals surface area (Å²) >= 11 is 0. The average Bonchev–Trinajstić information content (AvgIpc) is 2.81. The van der Waals surface area contributed by atoms with Crippen LogP contribution in [0.3, 0.4) is 0 Å². The number of sulfonamides is 1. The standard InChI is InChI=1S/C27H32N2O3S/c1-5-28(20-22-12-8-6-9-13-22)26(30)21-29(24-14-10-7-11-15-24)33(31,32)25-18-16-23(17-19-25)27(2,3)4/h6-19H,5,20-21H2,1-4H3. The molecule has 6 heteroatoms. The number of carbonyl (C=O) groups is 1. The number of para-hydroxylation sites is 1. The van der Waals surface area contributed by atoms with Crippen LogP contribution in [-0.2, 0) is 26.8 Å². The molecule has 0 saturated carbocycles. The molecule has 0 aromatic heterocycles. The van der Waals surface area contributed by atoms with Crippen molar-refractivity contribution in [3.05, 3.63) is 96.1 Å². The van der Waals surface area contributed by atoms with Gasteiger partial charge in [-0.25, -0.2) is 8.42 Å². The summed E-state index contributed by atoms with van der Waals surface area (Å²) in [5.74, 6) is -0.250. The molecule has 0 saturated heterocycles. The predicted molar refractivity (Wildman–Crippen MR) is 134 cm³/mol. The van der Waals surface area contributed by atoms with Gasteiger partial charge in [-0.2, -0.15) is 0 Å². The lowest BCUT2D eigenvalue weighted by atomic mass is 9.87. The summed E-state index contributed by atoms with van der Waals surface area (Å²) in [5, 5.41) is 0. The minimum Gasteiger partial charge on any atom is -0.337 e.